The summed E-state index contributed by atoms with van der Waals surface area (Å²) in [7, 11) is 0. The van der Waals surface area contributed by atoms with E-state index >= 15 is 0 Å². The zero-order valence-corrected chi connectivity index (χ0v) is 12.9. The molecule has 1 fully saturated rings. The molecule has 1 aliphatic rings. The smallest absolute Gasteiger partial charge is 0.228 e. The van der Waals surface area contributed by atoms with Gasteiger partial charge in [0.2, 0.25) is 5.91 Å². The Bertz CT molecular complexity index is 469. The van der Waals surface area contributed by atoms with Crippen LogP contribution in [0.2, 0.25) is 0 Å². The fraction of sp³-hybridized carbons (Fsp3) is 0.588. The van der Waals surface area contributed by atoms with Gasteiger partial charge in [0.1, 0.15) is 0 Å². The highest BCUT2D eigenvalue weighted by Crippen LogP contribution is 2.33. The van der Waals surface area contributed by atoms with Crippen molar-refractivity contribution in [3.63, 3.8) is 0 Å². The second kappa shape index (κ2) is 5.57. The Kier molecular flexibility index (Phi) is 4.19. The monoisotopic (exact) mass is 274 g/mol. The molecule has 1 heterocycles. The summed E-state index contributed by atoms with van der Waals surface area (Å²) in [5, 5.41) is 0. The van der Waals surface area contributed by atoms with Gasteiger partial charge < -0.3 is 10.6 Å². The maximum atomic E-state index is 12.8. The molecule has 0 spiro atoms. The molecule has 1 unspecified atom stereocenters. The Hall–Kier alpha value is -1.35. The Balaban J connectivity index is 2.05. The molecule has 3 heteroatoms. The maximum absolute atomic E-state index is 12.8. The van der Waals surface area contributed by atoms with Gasteiger partial charge in [0, 0.05) is 18.5 Å². The molecule has 110 valence electrons. The van der Waals surface area contributed by atoms with E-state index in [1.807, 2.05) is 36.9 Å². The van der Waals surface area contributed by atoms with E-state index in [2.05, 4.69) is 19.1 Å². The topological polar surface area (TPSA) is 46.3 Å². The predicted molar refractivity (Wildman–Crippen MR) is 82.3 cm³/mol. The summed E-state index contributed by atoms with van der Waals surface area (Å²) in [5.41, 5.74) is 6.78. The van der Waals surface area contributed by atoms with Gasteiger partial charge >= 0.3 is 0 Å². The molecule has 1 amide bonds. The van der Waals surface area contributed by atoms with Crippen molar-refractivity contribution in [2.24, 2.45) is 16.6 Å². The molecule has 0 aromatic heterocycles. The van der Waals surface area contributed by atoms with Crippen LogP contribution in [0.1, 0.15) is 32.8 Å². The summed E-state index contributed by atoms with van der Waals surface area (Å²) in [4.78, 5) is 14.8. The lowest BCUT2D eigenvalue weighted by atomic mass is 9.84. The highest BCUT2D eigenvalue weighted by atomic mass is 16.2. The van der Waals surface area contributed by atoms with Crippen LogP contribution in [0.5, 0.6) is 0 Å². The second-order valence-corrected chi connectivity index (χ2v) is 7.04. The van der Waals surface area contributed by atoms with Crippen LogP contribution in [0.25, 0.3) is 0 Å². The van der Waals surface area contributed by atoms with E-state index < -0.39 is 0 Å². The third-order valence-electron chi connectivity index (χ3n) is 4.41. The number of hydrogen-bond acceptors (Lipinski definition) is 2. The van der Waals surface area contributed by atoms with E-state index in [0.29, 0.717) is 6.54 Å². The van der Waals surface area contributed by atoms with Gasteiger partial charge in [-0.1, -0.05) is 51.1 Å². The van der Waals surface area contributed by atoms with E-state index in [4.69, 9.17) is 5.73 Å². The first-order chi connectivity index (χ1) is 9.36. The molecule has 0 radical (unpaired) electrons. The van der Waals surface area contributed by atoms with Gasteiger partial charge in [-0.15, -0.1) is 0 Å². The van der Waals surface area contributed by atoms with Gasteiger partial charge in [-0.3, -0.25) is 4.79 Å². The van der Waals surface area contributed by atoms with Crippen molar-refractivity contribution < 1.29 is 4.79 Å². The molecular weight excluding hydrogens is 248 g/mol. The van der Waals surface area contributed by atoms with Crippen LogP contribution in [0.3, 0.4) is 0 Å². The minimum absolute atomic E-state index is 0.0957. The minimum Gasteiger partial charge on any atom is -0.342 e. The van der Waals surface area contributed by atoms with Gasteiger partial charge in [0.15, 0.2) is 0 Å². The molecule has 1 aromatic rings. The molecule has 1 saturated heterocycles. The molecule has 0 saturated carbocycles. The SMILES string of the molecule is CC1(CN)CCN(C(=O)C(C)(C)Cc2ccccc2)C1. The van der Waals surface area contributed by atoms with Crippen molar-refractivity contribution in [3.05, 3.63) is 35.9 Å². The van der Waals surface area contributed by atoms with E-state index in [1.165, 1.54) is 5.56 Å². The van der Waals surface area contributed by atoms with E-state index in [0.717, 1.165) is 25.9 Å². The van der Waals surface area contributed by atoms with Gasteiger partial charge in [-0.2, -0.15) is 0 Å². The van der Waals surface area contributed by atoms with Crippen LogP contribution in [0.4, 0.5) is 0 Å². The first-order valence-electron chi connectivity index (χ1n) is 7.40. The first-order valence-corrected chi connectivity index (χ1v) is 7.40. The van der Waals surface area contributed by atoms with Crippen molar-refractivity contribution in [2.45, 2.75) is 33.6 Å². The quantitative estimate of drug-likeness (QED) is 0.916. The Morgan fingerprint density at radius 2 is 2.00 bits per heavy atom. The Labute approximate surface area is 122 Å². The van der Waals surface area contributed by atoms with Crippen molar-refractivity contribution in [3.8, 4) is 0 Å². The maximum Gasteiger partial charge on any atom is 0.228 e. The lowest BCUT2D eigenvalue weighted by Crippen LogP contribution is -2.42. The van der Waals surface area contributed by atoms with Crippen LogP contribution >= 0.6 is 0 Å². The van der Waals surface area contributed by atoms with Gasteiger partial charge in [-0.05, 0) is 30.4 Å². The highest BCUT2D eigenvalue weighted by molar-refractivity contribution is 5.82. The Morgan fingerprint density at radius 1 is 1.35 bits per heavy atom. The molecule has 20 heavy (non-hydrogen) atoms. The predicted octanol–water partition coefficient (Wildman–Crippen LogP) is 2.45. The van der Waals surface area contributed by atoms with Gasteiger partial charge in [0.05, 0.1) is 0 Å². The van der Waals surface area contributed by atoms with Crippen molar-refractivity contribution >= 4 is 5.91 Å². The summed E-state index contributed by atoms with van der Waals surface area (Å²) in [6.45, 7) is 8.53. The number of carbonyl (C=O) groups is 1. The Morgan fingerprint density at radius 3 is 2.55 bits per heavy atom. The summed E-state index contributed by atoms with van der Waals surface area (Å²) in [5.74, 6) is 0.249. The van der Waals surface area contributed by atoms with Gasteiger partial charge in [-0.25, -0.2) is 0 Å². The van der Waals surface area contributed by atoms with Crippen molar-refractivity contribution in [1.82, 2.24) is 4.90 Å². The zero-order chi connectivity index (χ0) is 14.8. The molecular formula is C17H26N2O. The van der Waals surface area contributed by atoms with Crippen molar-refractivity contribution in [1.29, 1.82) is 0 Å². The van der Waals surface area contributed by atoms with E-state index in [1.54, 1.807) is 0 Å². The summed E-state index contributed by atoms with van der Waals surface area (Å²) >= 11 is 0. The summed E-state index contributed by atoms with van der Waals surface area (Å²) in [6.07, 6.45) is 1.79. The fourth-order valence-electron chi connectivity index (χ4n) is 2.97. The summed E-state index contributed by atoms with van der Waals surface area (Å²) in [6, 6.07) is 10.2. The zero-order valence-electron chi connectivity index (χ0n) is 12.9. The molecule has 0 bridgehead atoms. The van der Waals surface area contributed by atoms with Gasteiger partial charge in [0.25, 0.3) is 0 Å². The lowest BCUT2D eigenvalue weighted by Gasteiger charge is -2.30. The van der Waals surface area contributed by atoms with Crippen molar-refractivity contribution in [2.75, 3.05) is 19.6 Å². The van der Waals surface area contributed by atoms with E-state index in [-0.39, 0.29) is 16.7 Å². The molecule has 1 aliphatic heterocycles. The molecule has 2 rings (SSSR count). The molecule has 0 aliphatic carbocycles. The average molecular weight is 274 g/mol. The van der Waals surface area contributed by atoms with Crippen LogP contribution in [0, 0.1) is 10.8 Å². The second-order valence-electron chi connectivity index (χ2n) is 7.04. The first kappa shape index (κ1) is 15.0. The standard InChI is InChI=1S/C17H26N2O/c1-16(2,11-14-7-5-4-6-8-14)15(20)19-10-9-17(3,12-18)13-19/h4-8H,9-13,18H2,1-3H3. The number of nitrogens with two attached hydrogens (primary N) is 1. The summed E-state index contributed by atoms with van der Waals surface area (Å²) < 4.78 is 0. The number of benzene rings is 1. The number of nitrogens with zero attached hydrogens (tertiary/aromatic N) is 1. The lowest BCUT2D eigenvalue weighted by molar-refractivity contribution is -0.139. The molecule has 3 nitrogen and oxygen atoms in total. The van der Waals surface area contributed by atoms with E-state index in [9.17, 15) is 4.79 Å². The van der Waals surface area contributed by atoms with Crippen LogP contribution in [0.15, 0.2) is 30.3 Å². The number of carbonyl (C=O) groups excluding carboxylic acids is 1. The third-order valence-corrected chi connectivity index (χ3v) is 4.41. The third kappa shape index (κ3) is 3.21. The van der Waals surface area contributed by atoms with Crippen LogP contribution in [-0.4, -0.2) is 30.4 Å². The number of amides is 1. The number of hydrogen-bond donors (Lipinski definition) is 1. The largest absolute Gasteiger partial charge is 0.342 e. The molecule has 2 N–H and O–H groups in total. The number of likely N-dealkylation sites (tertiary alicyclic amines) is 1. The number of rotatable bonds is 4. The van der Waals surface area contributed by atoms with Crippen LogP contribution < -0.4 is 5.73 Å². The minimum atomic E-state index is -0.360. The average Bonchev–Trinajstić information content (AvgIpc) is 2.82. The normalized spacial score (nSPS) is 23.1. The highest BCUT2D eigenvalue weighted by Gasteiger charge is 2.40. The fourth-order valence-corrected chi connectivity index (χ4v) is 2.97. The molecule has 1 aromatic carbocycles. The molecule has 1 atom stereocenters. The van der Waals surface area contributed by atoms with Crippen LogP contribution in [-0.2, 0) is 11.2 Å².